The van der Waals surface area contributed by atoms with E-state index in [0.29, 0.717) is 6.42 Å². The van der Waals surface area contributed by atoms with E-state index in [-0.39, 0.29) is 12.1 Å². The Morgan fingerprint density at radius 3 is 2.44 bits per heavy atom. The predicted octanol–water partition coefficient (Wildman–Crippen LogP) is 1.86. The van der Waals surface area contributed by atoms with E-state index in [4.69, 9.17) is 14.2 Å². The number of rotatable bonds is 3. The third kappa shape index (κ3) is 1.60. The van der Waals surface area contributed by atoms with Crippen LogP contribution in [-0.4, -0.2) is 20.2 Å². The van der Waals surface area contributed by atoms with Crippen molar-refractivity contribution in [2.24, 2.45) is 0 Å². The average molecular weight is 222 g/mol. The molecule has 0 saturated heterocycles. The number of benzene rings is 1. The Morgan fingerprint density at radius 2 is 1.88 bits per heavy atom. The van der Waals surface area contributed by atoms with Crippen LogP contribution in [0.4, 0.5) is 0 Å². The minimum atomic E-state index is -0.277. The highest BCUT2D eigenvalue weighted by atomic mass is 16.5. The molecule has 4 heteroatoms. The maximum Gasteiger partial charge on any atom is 0.303 e. The molecule has 0 aliphatic heterocycles. The Morgan fingerprint density at radius 1 is 1.25 bits per heavy atom. The zero-order valence-corrected chi connectivity index (χ0v) is 9.57. The molecule has 0 spiro atoms. The molecule has 1 unspecified atom stereocenters. The van der Waals surface area contributed by atoms with Crippen LogP contribution in [0.2, 0.25) is 0 Å². The van der Waals surface area contributed by atoms with Gasteiger partial charge in [-0.15, -0.1) is 0 Å². The highest BCUT2D eigenvalue weighted by Gasteiger charge is 2.35. The summed E-state index contributed by atoms with van der Waals surface area (Å²) in [5.41, 5.74) is 1.99. The highest BCUT2D eigenvalue weighted by Crippen LogP contribution is 2.46. The normalized spacial score (nSPS) is 17.1. The van der Waals surface area contributed by atoms with Gasteiger partial charge in [0.25, 0.3) is 0 Å². The Hall–Kier alpha value is -1.71. The molecular weight excluding hydrogens is 208 g/mol. The number of hydrogen-bond donors (Lipinski definition) is 0. The van der Waals surface area contributed by atoms with E-state index in [2.05, 4.69) is 0 Å². The highest BCUT2D eigenvalue weighted by molar-refractivity contribution is 5.68. The van der Waals surface area contributed by atoms with Gasteiger partial charge in [0.1, 0.15) is 17.6 Å². The maximum absolute atomic E-state index is 10.9. The monoisotopic (exact) mass is 222 g/mol. The maximum atomic E-state index is 10.9. The van der Waals surface area contributed by atoms with E-state index in [0.717, 1.165) is 22.6 Å². The van der Waals surface area contributed by atoms with Crippen LogP contribution in [0.1, 0.15) is 24.2 Å². The quantitative estimate of drug-likeness (QED) is 0.732. The largest absolute Gasteiger partial charge is 0.496 e. The van der Waals surface area contributed by atoms with Gasteiger partial charge in [-0.1, -0.05) is 0 Å². The van der Waals surface area contributed by atoms with Crippen molar-refractivity contribution in [1.82, 2.24) is 0 Å². The molecule has 1 aromatic carbocycles. The molecule has 0 N–H and O–H groups in total. The lowest BCUT2D eigenvalue weighted by Gasteiger charge is -2.32. The second kappa shape index (κ2) is 4.04. The minimum Gasteiger partial charge on any atom is -0.496 e. The lowest BCUT2D eigenvalue weighted by atomic mass is 9.83. The van der Waals surface area contributed by atoms with Crippen LogP contribution in [0.15, 0.2) is 12.1 Å². The van der Waals surface area contributed by atoms with Crippen molar-refractivity contribution >= 4 is 5.97 Å². The summed E-state index contributed by atoms with van der Waals surface area (Å²) < 4.78 is 15.7. The zero-order chi connectivity index (χ0) is 11.7. The number of ether oxygens (including phenoxy) is 3. The van der Waals surface area contributed by atoms with E-state index < -0.39 is 0 Å². The first-order chi connectivity index (χ1) is 7.67. The molecule has 0 heterocycles. The van der Waals surface area contributed by atoms with Gasteiger partial charge in [0, 0.05) is 24.5 Å². The van der Waals surface area contributed by atoms with Crippen LogP contribution >= 0.6 is 0 Å². The predicted molar refractivity (Wildman–Crippen MR) is 57.8 cm³/mol. The topological polar surface area (TPSA) is 44.8 Å². The van der Waals surface area contributed by atoms with Crippen LogP contribution < -0.4 is 9.47 Å². The molecule has 0 saturated carbocycles. The average Bonchev–Trinajstić information content (AvgIpc) is 2.24. The van der Waals surface area contributed by atoms with Crippen LogP contribution in [0.3, 0.4) is 0 Å². The van der Waals surface area contributed by atoms with Crippen molar-refractivity contribution < 1.29 is 19.0 Å². The summed E-state index contributed by atoms with van der Waals surface area (Å²) in [5.74, 6) is 1.29. The lowest BCUT2D eigenvalue weighted by molar-refractivity contribution is -0.147. The fourth-order valence-corrected chi connectivity index (χ4v) is 2.01. The van der Waals surface area contributed by atoms with Gasteiger partial charge in [0.05, 0.1) is 14.2 Å². The van der Waals surface area contributed by atoms with E-state index in [1.165, 1.54) is 6.92 Å². The molecule has 4 nitrogen and oxygen atoms in total. The van der Waals surface area contributed by atoms with Gasteiger partial charge in [0.15, 0.2) is 0 Å². The van der Waals surface area contributed by atoms with Gasteiger partial charge < -0.3 is 14.2 Å². The van der Waals surface area contributed by atoms with Gasteiger partial charge in [-0.2, -0.15) is 0 Å². The molecule has 1 aliphatic rings. The third-order valence-electron chi connectivity index (χ3n) is 2.73. The first-order valence-electron chi connectivity index (χ1n) is 5.08. The summed E-state index contributed by atoms with van der Waals surface area (Å²) >= 11 is 0. The standard InChI is InChI=1S/C12H14O4/c1-7(13)16-11-6-8-9(14-2)4-5-10(15-3)12(8)11/h4-5,11H,6H2,1-3H3. The molecular formula is C12H14O4. The van der Waals surface area contributed by atoms with Crippen molar-refractivity contribution in [2.75, 3.05) is 14.2 Å². The molecule has 0 amide bonds. The van der Waals surface area contributed by atoms with Crippen molar-refractivity contribution in [3.8, 4) is 11.5 Å². The Balaban J connectivity index is 2.35. The van der Waals surface area contributed by atoms with Gasteiger partial charge in [0.2, 0.25) is 0 Å². The Bertz CT molecular complexity index is 425. The van der Waals surface area contributed by atoms with Gasteiger partial charge in [-0.05, 0) is 12.1 Å². The van der Waals surface area contributed by atoms with E-state index in [1.807, 2.05) is 12.1 Å². The summed E-state index contributed by atoms with van der Waals surface area (Å²) in [7, 11) is 3.23. The van der Waals surface area contributed by atoms with Crippen LogP contribution in [0, 0.1) is 0 Å². The molecule has 1 aliphatic carbocycles. The fraction of sp³-hybridized carbons (Fsp3) is 0.417. The van der Waals surface area contributed by atoms with E-state index >= 15 is 0 Å². The SMILES string of the molecule is COc1ccc(OC)c2c1CC2OC(C)=O. The first kappa shape index (κ1) is 10.8. The molecule has 86 valence electrons. The number of esters is 1. The number of methoxy groups -OCH3 is 2. The summed E-state index contributed by atoms with van der Waals surface area (Å²) in [6, 6.07) is 3.69. The fourth-order valence-electron chi connectivity index (χ4n) is 2.01. The van der Waals surface area contributed by atoms with E-state index in [1.54, 1.807) is 14.2 Å². The Labute approximate surface area is 94.1 Å². The van der Waals surface area contributed by atoms with Crippen molar-refractivity contribution in [2.45, 2.75) is 19.4 Å². The van der Waals surface area contributed by atoms with Crippen LogP contribution in [-0.2, 0) is 16.0 Å². The number of carbonyl (C=O) groups is 1. The van der Waals surface area contributed by atoms with Crippen LogP contribution in [0.5, 0.6) is 11.5 Å². The second-order valence-corrected chi connectivity index (χ2v) is 3.66. The Kier molecular flexibility index (Phi) is 2.73. The molecule has 2 rings (SSSR count). The number of carbonyl (C=O) groups excluding carboxylic acids is 1. The lowest BCUT2D eigenvalue weighted by Crippen LogP contribution is -2.23. The third-order valence-corrected chi connectivity index (χ3v) is 2.73. The zero-order valence-electron chi connectivity index (χ0n) is 9.57. The number of hydrogen-bond acceptors (Lipinski definition) is 4. The smallest absolute Gasteiger partial charge is 0.303 e. The van der Waals surface area contributed by atoms with Crippen molar-refractivity contribution in [3.63, 3.8) is 0 Å². The molecule has 0 aromatic heterocycles. The molecule has 16 heavy (non-hydrogen) atoms. The first-order valence-corrected chi connectivity index (χ1v) is 5.08. The molecule has 0 radical (unpaired) electrons. The summed E-state index contributed by atoms with van der Waals surface area (Å²) in [4.78, 5) is 10.9. The van der Waals surface area contributed by atoms with Crippen molar-refractivity contribution in [3.05, 3.63) is 23.3 Å². The summed E-state index contributed by atoms with van der Waals surface area (Å²) in [5, 5.41) is 0. The second-order valence-electron chi connectivity index (χ2n) is 3.66. The van der Waals surface area contributed by atoms with Gasteiger partial charge in [-0.25, -0.2) is 0 Å². The molecule has 0 fully saturated rings. The minimum absolute atomic E-state index is 0.197. The van der Waals surface area contributed by atoms with Gasteiger partial charge >= 0.3 is 5.97 Å². The van der Waals surface area contributed by atoms with Crippen molar-refractivity contribution in [1.29, 1.82) is 0 Å². The molecule has 1 atom stereocenters. The van der Waals surface area contributed by atoms with E-state index in [9.17, 15) is 4.79 Å². The van der Waals surface area contributed by atoms with Crippen LogP contribution in [0.25, 0.3) is 0 Å². The number of fused-ring (bicyclic) bond motifs is 1. The molecule has 0 bridgehead atoms. The van der Waals surface area contributed by atoms with Gasteiger partial charge in [-0.3, -0.25) is 4.79 Å². The summed E-state index contributed by atoms with van der Waals surface area (Å²) in [6.07, 6.45) is 0.493. The molecule has 1 aromatic rings. The summed E-state index contributed by atoms with van der Waals surface area (Å²) in [6.45, 7) is 1.41.